The third-order valence-electron chi connectivity index (χ3n) is 1.70. The molecule has 0 unspecified atom stereocenters. The van der Waals surface area contributed by atoms with Crippen molar-refractivity contribution in [2.24, 2.45) is 5.73 Å². The highest BCUT2D eigenvalue weighted by molar-refractivity contribution is 5.38. The molecule has 0 saturated carbocycles. The second kappa shape index (κ2) is 3.57. The molecule has 0 fully saturated rings. The number of rotatable bonds is 0. The van der Waals surface area contributed by atoms with Gasteiger partial charge in [0.15, 0.2) is 0 Å². The van der Waals surface area contributed by atoms with Crippen molar-refractivity contribution in [1.82, 2.24) is 0 Å². The Morgan fingerprint density at radius 3 is 2.92 bits per heavy atom. The number of nitrogens with zero attached hydrogens (tertiary/aromatic N) is 1. The average Bonchev–Trinajstić information content (AvgIpc) is 1.99. The molecule has 0 aromatic carbocycles. The summed E-state index contributed by atoms with van der Waals surface area (Å²) in [6.45, 7) is 1.46. The summed E-state index contributed by atoms with van der Waals surface area (Å²) in [4.78, 5) is 0. The summed E-state index contributed by atoms with van der Waals surface area (Å²) in [5.74, 6) is 5.86. The van der Waals surface area contributed by atoms with Crippen molar-refractivity contribution < 1.29 is 4.48 Å². The molecular formula is C10H15N2+. The van der Waals surface area contributed by atoms with Crippen molar-refractivity contribution in [2.75, 3.05) is 27.2 Å². The Hall–Kier alpha value is -1.04. The Labute approximate surface area is 73.9 Å². The van der Waals surface area contributed by atoms with E-state index in [-0.39, 0.29) is 0 Å². The summed E-state index contributed by atoms with van der Waals surface area (Å²) in [5, 5.41) is 0. The molecule has 64 valence electrons. The van der Waals surface area contributed by atoms with Crippen molar-refractivity contribution in [3.05, 3.63) is 23.9 Å². The van der Waals surface area contributed by atoms with E-state index in [4.69, 9.17) is 5.73 Å². The topological polar surface area (TPSA) is 26.0 Å². The van der Waals surface area contributed by atoms with Gasteiger partial charge in [0.05, 0.1) is 26.2 Å². The first kappa shape index (κ1) is 9.05. The average molecular weight is 163 g/mol. The van der Waals surface area contributed by atoms with Gasteiger partial charge in [-0.2, -0.15) is 0 Å². The Bertz CT molecular complexity index is 274. The van der Waals surface area contributed by atoms with Gasteiger partial charge < -0.3 is 5.73 Å². The number of allylic oxidation sites excluding steroid dienone is 2. The van der Waals surface area contributed by atoms with Crippen LogP contribution in [-0.4, -0.2) is 31.7 Å². The Balaban J connectivity index is 2.78. The highest BCUT2D eigenvalue weighted by Crippen LogP contribution is 2.10. The lowest BCUT2D eigenvalue weighted by Crippen LogP contribution is -2.35. The largest absolute Gasteiger partial charge is 0.320 e. The summed E-state index contributed by atoms with van der Waals surface area (Å²) in [6, 6.07) is 0. The highest BCUT2D eigenvalue weighted by Gasteiger charge is 2.13. The fourth-order valence-electron chi connectivity index (χ4n) is 1.15. The molecule has 0 radical (unpaired) electrons. The predicted molar refractivity (Wildman–Crippen MR) is 51.0 cm³/mol. The molecule has 0 saturated heterocycles. The molecule has 0 aromatic rings. The van der Waals surface area contributed by atoms with E-state index in [1.54, 1.807) is 0 Å². The smallest absolute Gasteiger partial charge is 0.111 e. The number of quaternary nitrogens is 1. The fourth-order valence-corrected chi connectivity index (χ4v) is 1.15. The minimum atomic E-state index is 0.429. The summed E-state index contributed by atoms with van der Waals surface area (Å²) in [7, 11) is 4.29. The SMILES string of the molecule is C[N+]1(C)C=C(C#CCN)C=CC1. The molecule has 0 bridgehead atoms. The van der Waals surface area contributed by atoms with Gasteiger partial charge in [0.25, 0.3) is 0 Å². The first-order valence-electron chi connectivity index (χ1n) is 4.05. The Morgan fingerprint density at radius 1 is 1.58 bits per heavy atom. The molecule has 2 N–H and O–H groups in total. The molecule has 1 aliphatic rings. The van der Waals surface area contributed by atoms with E-state index in [1.807, 2.05) is 6.08 Å². The Morgan fingerprint density at radius 2 is 2.33 bits per heavy atom. The van der Waals surface area contributed by atoms with Gasteiger partial charge in [-0.05, 0) is 12.2 Å². The molecular weight excluding hydrogens is 148 g/mol. The zero-order valence-electron chi connectivity index (χ0n) is 7.67. The quantitative estimate of drug-likeness (QED) is 0.408. The summed E-state index contributed by atoms with van der Waals surface area (Å²) < 4.78 is 0.866. The molecule has 1 aliphatic heterocycles. The normalized spacial score (nSPS) is 19.4. The van der Waals surface area contributed by atoms with Gasteiger partial charge in [-0.1, -0.05) is 11.8 Å². The molecule has 0 spiro atoms. The predicted octanol–water partition coefficient (Wildman–Crippen LogP) is 0.479. The van der Waals surface area contributed by atoms with Crippen LogP contribution in [0.4, 0.5) is 0 Å². The monoisotopic (exact) mass is 163 g/mol. The maximum atomic E-state index is 5.28. The van der Waals surface area contributed by atoms with Crippen LogP contribution in [0.3, 0.4) is 0 Å². The lowest BCUT2D eigenvalue weighted by Gasteiger charge is -2.25. The van der Waals surface area contributed by atoms with Crippen LogP contribution in [-0.2, 0) is 0 Å². The summed E-state index contributed by atoms with van der Waals surface area (Å²) in [6.07, 6.45) is 6.33. The maximum absolute atomic E-state index is 5.28. The van der Waals surface area contributed by atoms with Crippen molar-refractivity contribution in [3.8, 4) is 11.8 Å². The minimum Gasteiger partial charge on any atom is -0.320 e. The van der Waals surface area contributed by atoms with E-state index in [0.29, 0.717) is 6.54 Å². The van der Waals surface area contributed by atoms with Crippen molar-refractivity contribution >= 4 is 0 Å². The molecule has 1 rings (SSSR count). The number of likely N-dealkylation sites (N-methyl/N-ethyl adjacent to an activating group) is 1. The van der Waals surface area contributed by atoms with Gasteiger partial charge in [0.2, 0.25) is 0 Å². The van der Waals surface area contributed by atoms with Crippen LogP contribution in [0.5, 0.6) is 0 Å². The minimum absolute atomic E-state index is 0.429. The first-order chi connectivity index (χ1) is 5.64. The van der Waals surface area contributed by atoms with Crippen LogP contribution in [0.2, 0.25) is 0 Å². The molecule has 2 heteroatoms. The Kier molecular flexibility index (Phi) is 2.69. The van der Waals surface area contributed by atoms with E-state index < -0.39 is 0 Å². The van der Waals surface area contributed by atoms with Gasteiger partial charge in [-0.3, -0.25) is 4.48 Å². The first-order valence-corrected chi connectivity index (χ1v) is 4.05. The molecule has 12 heavy (non-hydrogen) atoms. The lowest BCUT2D eigenvalue weighted by molar-refractivity contribution is -0.833. The second-order valence-electron chi connectivity index (χ2n) is 3.45. The van der Waals surface area contributed by atoms with Crippen LogP contribution in [0.1, 0.15) is 0 Å². The van der Waals surface area contributed by atoms with Gasteiger partial charge in [0, 0.05) is 0 Å². The maximum Gasteiger partial charge on any atom is 0.111 e. The molecule has 0 aliphatic carbocycles. The van der Waals surface area contributed by atoms with Gasteiger partial charge in [-0.15, -0.1) is 0 Å². The molecule has 1 heterocycles. The van der Waals surface area contributed by atoms with Crippen LogP contribution >= 0.6 is 0 Å². The van der Waals surface area contributed by atoms with E-state index >= 15 is 0 Å². The zero-order valence-corrected chi connectivity index (χ0v) is 7.67. The van der Waals surface area contributed by atoms with Crippen LogP contribution in [0, 0.1) is 11.8 Å². The van der Waals surface area contributed by atoms with Crippen molar-refractivity contribution in [3.63, 3.8) is 0 Å². The molecule has 0 amide bonds. The van der Waals surface area contributed by atoms with Gasteiger partial charge >= 0.3 is 0 Å². The third-order valence-corrected chi connectivity index (χ3v) is 1.70. The molecule has 0 atom stereocenters. The second-order valence-corrected chi connectivity index (χ2v) is 3.45. The van der Waals surface area contributed by atoms with Gasteiger partial charge in [0.1, 0.15) is 12.7 Å². The van der Waals surface area contributed by atoms with E-state index in [0.717, 1.165) is 16.6 Å². The number of hydrogen-bond donors (Lipinski definition) is 1. The van der Waals surface area contributed by atoms with Gasteiger partial charge in [-0.25, -0.2) is 0 Å². The molecule has 2 nitrogen and oxygen atoms in total. The van der Waals surface area contributed by atoms with E-state index in [1.165, 1.54) is 0 Å². The van der Waals surface area contributed by atoms with Crippen LogP contribution in [0.25, 0.3) is 0 Å². The number of hydrogen-bond acceptors (Lipinski definition) is 1. The van der Waals surface area contributed by atoms with Crippen LogP contribution < -0.4 is 5.73 Å². The summed E-state index contributed by atoms with van der Waals surface area (Å²) >= 11 is 0. The van der Waals surface area contributed by atoms with E-state index in [9.17, 15) is 0 Å². The van der Waals surface area contributed by atoms with E-state index in [2.05, 4.69) is 38.2 Å². The third kappa shape index (κ3) is 2.54. The standard InChI is InChI=1S/C10H15N2/c1-12(2)8-4-6-10(9-12)5-3-7-11/h4,6,9H,7-8,11H2,1-2H3/q+1. The fraction of sp³-hybridized carbons (Fsp3) is 0.400. The van der Waals surface area contributed by atoms with Crippen molar-refractivity contribution in [1.29, 1.82) is 0 Å². The number of nitrogens with two attached hydrogens (primary N) is 1. The van der Waals surface area contributed by atoms with Crippen LogP contribution in [0.15, 0.2) is 23.9 Å². The van der Waals surface area contributed by atoms with Crippen molar-refractivity contribution in [2.45, 2.75) is 0 Å². The lowest BCUT2D eigenvalue weighted by atomic mass is 10.2. The zero-order chi connectivity index (χ0) is 9.03. The highest BCUT2D eigenvalue weighted by atomic mass is 15.3. The molecule has 0 aromatic heterocycles. The summed E-state index contributed by atoms with van der Waals surface area (Å²) in [5.41, 5.74) is 6.35.